The fourth-order valence-electron chi connectivity index (χ4n) is 3.23. The Hall–Kier alpha value is -2.16. The average molecular weight is 429 g/mol. The van der Waals surface area contributed by atoms with Crippen LogP contribution in [0.25, 0.3) is 10.7 Å². The highest BCUT2D eigenvalue weighted by Gasteiger charge is 2.22. The summed E-state index contributed by atoms with van der Waals surface area (Å²) >= 11 is 3.06. The Balaban J connectivity index is 1.39. The maximum atomic E-state index is 12.3. The fourth-order valence-corrected chi connectivity index (χ4v) is 4.72. The minimum Gasteiger partial charge on any atom is -0.376 e. The molecule has 8 heteroatoms. The van der Waals surface area contributed by atoms with Crippen LogP contribution < -0.4 is 5.32 Å². The number of aryl methyl sites for hydroxylation is 1. The van der Waals surface area contributed by atoms with E-state index >= 15 is 0 Å². The molecule has 1 fully saturated rings. The second kappa shape index (κ2) is 9.56. The quantitative estimate of drug-likeness (QED) is 0.551. The lowest BCUT2D eigenvalue weighted by Crippen LogP contribution is -2.25. The van der Waals surface area contributed by atoms with Gasteiger partial charge < -0.3 is 10.1 Å². The molecule has 1 amide bonds. The van der Waals surface area contributed by atoms with E-state index in [1.54, 1.807) is 11.3 Å². The molecule has 29 heavy (non-hydrogen) atoms. The van der Waals surface area contributed by atoms with Gasteiger partial charge in [-0.3, -0.25) is 9.36 Å². The summed E-state index contributed by atoms with van der Waals surface area (Å²) in [5.41, 5.74) is 2.30. The molecule has 2 aromatic heterocycles. The van der Waals surface area contributed by atoms with E-state index in [2.05, 4.69) is 39.1 Å². The molecule has 0 spiro atoms. The minimum atomic E-state index is -0.0140. The number of thioether (sulfide) groups is 1. The molecule has 0 aliphatic carbocycles. The number of ether oxygens (including phenoxy) is 1. The van der Waals surface area contributed by atoms with Crippen molar-refractivity contribution in [2.75, 3.05) is 12.4 Å². The van der Waals surface area contributed by atoms with Crippen LogP contribution in [0.15, 0.2) is 46.9 Å². The lowest BCUT2D eigenvalue weighted by molar-refractivity contribution is -0.118. The van der Waals surface area contributed by atoms with Crippen LogP contribution in [0, 0.1) is 6.92 Å². The van der Waals surface area contributed by atoms with E-state index in [1.165, 1.54) is 17.3 Å². The Morgan fingerprint density at radius 1 is 1.31 bits per heavy atom. The van der Waals surface area contributed by atoms with E-state index in [9.17, 15) is 4.79 Å². The van der Waals surface area contributed by atoms with Crippen LogP contribution >= 0.6 is 23.1 Å². The van der Waals surface area contributed by atoms with Gasteiger partial charge in [0, 0.05) is 13.2 Å². The summed E-state index contributed by atoms with van der Waals surface area (Å²) in [5.74, 6) is 1.14. The lowest BCUT2D eigenvalue weighted by Gasteiger charge is -2.14. The Morgan fingerprint density at radius 3 is 2.90 bits per heavy atom. The number of hydrogen-bond donors (Lipinski definition) is 1. The van der Waals surface area contributed by atoms with Gasteiger partial charge in [-0.1, -0.05) is 47.7 Å². The summed E-state index contributed by atoms with van der Waals surface area (Å²) in [7, 11) is 0. The van der Waals surface area contributed by atoms with Crippen molar-refractivity contribution in [2.24, 2.45) is 0 Å². The monoisotopic (exact) mass is 428 g/mol. The first-order valence-electron chi connectivity index (χ1n) is 9.73. The molecule has 4 rings (SSSR count). The van der Waals surface area contributed by atoms with Gasteiger partial charge in [0.25, 0.3) is 0 Å². The molecular weight excluding hydrogens is 404 g/mol. The van der Waals surface area contributed by atoms with Crippen molar-refractivity contribution in [1.29, 1.82) is 0 Å². The zero-order chi connectivity index (χ0) is 20.1. The van der Waals surface area contributed by atoms with Crippen LogP contribution in [0.5, 0.6) is 0 Å². The van der Waals surface area contributed by atoms with Crippen molar-refractivity contribution in [2.45, 2.75) is 44.1 Å². The number of carbonyl (C=O) groups is 1. The summed E-state index contributed by atoms with van der Waals surface area (Å²) in [6, 6.07) is 12.2. The topological polar surface area (TPSA) is 69.0 Å². The summed E-state index contributed by atoms with van der Waals surface area (Å²) in [4.78, 5) is 13.4. The van der Waals surface area contributed by atoms with Crippen LogP contribution in [-0.2, 0) is 22.6 Å². The molecule has 1 N–H and O–H groups in total. The molecule has 0 bridgehead atoms. The standard InChI is InChI=1S/C21H24N4O2S2/c1-15-6-8-16(9-7-15)12-22-19(26)14-29-21-24-23-20(18-5-3-11-28-18)25(21)13-17-4-2-10-27-17/h3,5-9,11,17H,2,4,10,12-14H2,1H3,(H,22,26). The van der Waals surface area contributed by atoms with Crippen LogP contribution in [-0.4, -0.2) is 39.1 Å². The maximum absolute atomic E-state index is 12.3. The smallest absolute Gasteiger partial charge is 0.230 e. The van der Waals surface area contributed by atoms with Gasteiger partial charge in [0.15, 0.2) is 11.0 Å². The van der Waals surface area contributed by atoms with Gasteiger partial charge in [-0.25, -0.2) is 0 Å². The first-order chi connectivity index (χ1) is 14.2. The predicted molar refractivity (Wildman–Crippen MR) is 116 cm³/mol. The lowest BCUT2D eigenvalue weighted by atomic mass is 10.1. The first kappa shape index (κ1) is 20.1. The van der Waals surface area contributed by atoms with Gasteiger partial charge in [-0.05, 0) is 36.8 Å². The highest BCUT2D eigenvalue weighted by Crippen LogP contribution is 2.29. The zero-order valence-electron chi connectivity index (χ0n) is 16.3. The van der Waals surface area contributed by atoms with E-state index in [1.807, 2.05) is 29.6 Å². The number of benzene rings is 1. The predicted octanol–water partition coefficient (Wildman–Crippen LogP) is 3.90. The number of rotatable bonds is 8. The highest BCUT2D eigenvalue weighted by atomic mass is 32.2. The third kappa shape index (κ3) is 5.26. The normalized spacial score (nSPS) is 16.2. The molecule has 1 aromatic carbocycles. The second-order valence-corrected chi connectivity index (χ2v) is 8.97. The summed E-state index contributed by atoms with van der Waals surface area (Å²) in [5, 5.41) is 14.5. The molecule has 1 unspecified atom stereocenters. The van der Waals surface area contributed by atoms with Crippen LogP contribution in [0.4, 0.5) is 0 Å². The first-order valence-corrected chi connectivity index (χ1v) is 11.6. The van der Waals surface area contributed by atoms with Crippen LogP contribution in [0.1, 0.15) is 24.0 Å². The molecule has 1 aliphatic heterocycles. The molecule has 0 radical (unpaired) electrons. The Labute approximate surface area is 178 Å². The average Bonchev–Trinajstić information content (AvgIpc) is 3.49. The van der Waals surface area contributed by atoms with E-state index in [4.69, 9.17) is 4.74 Å². The third-order valence-electron chi connectivity index (χ3n) is 4.81. The SMILES string of the molecule is Cc1ccc(CNC(=O)CSc2nnc(-c3cccs3)n2CC2CCCO2)cc1. The number of hydrogen-bond acceptors (Lipinski definition) is 6. The van der Waals surface area contributed by atoms with Gasteiger partial charge >= 0.3 is 0 Å². The molecule has 1 saturated heterocycles. The summed E-state index contributed by atoms with van der Waals surface area (Å²) < 4.78 is 7.91. The van der Waals surface area contributed by atoms with Crippen molar-refractivity contribution < 1.29 is 9.53 Å². The van der Waals surface area contributed by atoms with Gasteiger partial charge in [0.2, 0.25) is 5.91 Å². The number of amides is 1. The molecule has 0 saturated carbocycles. The molecule has 1 atom stereocenters. The Kier molecular flexibility index (Phi) is 6.63. The number of thiophene rings is 1. The van der Waals surface area contributed by atoms with Gasteiger partial charge in [0.05, 0.1) is 23.3 Å². The molecule has 6 nitrogen and oxygen atoms in total. The number of nitrogens with zero attached hydrogens (tertiary/aromatic N) is 3. The molecular formula is C21H24N4O2S2. The van der Waals surface area contributed by atoms with Crippen molar-refractivity contribution in [3.8, 4) is 10.7 Å². The summed E-state index contributed by atoms with van der Waals surface area (Å²) in [6.07, 6.45) is 2.31. The Bertz CT molecular complexity index is 932. The summed E-state index contributed by atoms with van der Waals surface area (Å²) in [6.45, 7) is 4.11. The number of carbonyl (C=O) groups excluding carboxylic acids is 1. The fraction of sp³-hybridized carbons (Fsp3) is 0.381. The van der Waals surface area contributed by atoms with Gasteiger partial charge in [0.1, 0.15) is 0 Å². The third-order valence-corrected chi connectivity index (χ3v) is 6.64. The highest BCUT2D eigenvalue weighted by molar-refractivity contribution is 7.99. The van der Waals surface area contributed by atoms with Crippen LogP contribution in [0.3, 0.4) is 0 Å². The van der Waals surface area contributed by atoms with Gasteiger partial charge in [-0.2, -0.15) is 0 Å². The van der Waals surface area contributed by atoms with Gasteiger partial charge in [-0.15, -0.1) is 21.5 Å². The number of aromatic nitrogens is 3. The zero-order valence-corrected chi connectivity index (χ0v) is 18.0. The maximum Gasteiger partial charge on any atom is 0.230 e. The van der Waals surface area contributed by atoms with E-state index in [0.29, 0.717) is 18.8 Å². The van der Waals surface area contributed by atoms with E-state index in [0.717, 1.165) is 40.9 Å². The Morgan fingerprint density at radius 2 is 2.17 bits per heavy atom. The second-order valence-electron chi connectivity index (χ2n) is 7.08. The molecule has 3 aromatic rings. The van der Waals surface area contributed by atoms with E-state index < -0.39 is 0 Å². The van der Waals surface area contributed by atoms with E-state index in [-0.39, 0.29) is 12.0 Å². The van der Waals surface area contributed by atoms with Crippen LogP contribution in [0.2, 0.25) is 0 Å². The van der Waals surface area contributed by atoms with Crippen molar-refractivity contribution in [1.82, 2.24) is 20.1 Å². The van der Waals surface area contributed by atoms with Crippen molar-refractivity contribution >= 4 is 29.0 Å². The molecule has 152 valence electrons. The minimum absolute atomic E-state index is 0.0140. The van der Waals surface area contributed by atoms with Crippen molar-refractivity contribution in [3.63, 3.8) is 0 Å². The number of nitrogens with one attached hydrogen (secondary N) is 1. The molecule has 3 heterocycles. The largest absolute Gasteiger partial charge is 0.376 e. The van der Waals surface area contributed by atoms with Crippen molar-refractivity contribution in [3.05, 3.63) is 52.9 Å². The molecule has 1 aliphatic rings.